The Balaban J connectivity index is 1.74. The SMILES string of the molecule is Cc1cc(C(=O)NCC2CCCCN2c2ccc(=O)n(C(C)C)n2)c(C)o1. The Morgan fingerprint density at radius 2 is 2.11 bits per heavy atom. The van der Waals surface area contributed by atoms with Gasteiger partial charge in [-0.25, -0.2) is 4.68 Å². The molecule has 0 aliphatic carbocycles. The number of nitrogens with one attached hydrogen (secondary N) is 1. The Labute approximate surface area is 159 Å². The molecule has 2 aromatic rings. The van der Waals surface area contributed by atoms with Crippen LogP contribution in [0, 0.1) is 13.8 Å². The second-order valence-corrected chi connectivity index (χ2v) is 7.45. The molecule has 0 bridgehead atoms. The molecule has 1 aliphatic heterocycles. The lowest BCUT2D eigenvalue weighted by molar-refractivity contribution is 0.0948. The van der Waals surface area contributed by atoms with Crippen LogP contribution in [0.3, 0.4) is 0 Å². The molecule has 0 spiro atoms. The highest BCUT2D eigenvalue weighted by atomic mass is 16.3. The highest BCUT2D eigenvalue weighted by molar-refractivity contribution is 5.95. The summed E-state index contributed by atoms with van der Waals surface area (Å²) in [6.45, 7) is 8.93. The van der Waals surface area contributed by atoms with Crippen molar-refractivity contribution in [3.8, 4) is 0 Å². The van der Waals surface area contributed by atoms with E-state index in [1.807, 2.05) is 20.8 Å². The largest absolute Gasteiger partial charge is 0.466 e. The van der Waals surface area contributed by atoms with Gasteiger partial charge >= 0.3 is 0 Å². The molecule has 0 aromatic carbocycles. The van der Waals surface area contributed by atoms with Gasteiger partial charge in [0, 0.05) is 25.2 Å². The second-order valence-electron chi connectivity index (χ2n) is 7.45. The van der Waals surface area contributed by atoms with Crippen LogP contribution in [0.25, 0.3) is 0 Å². The third-order valence-corrected chi connectivity index (χ3v) is 5.01. The molecule has 0 saturated carbocycles. The van der Waals surface area contributed by atoms with E-state index in [9.17, 15) is 9.59 Å². The first-order chi connectivity index (χ1) is 12.9. The molecule has 7 nitrogen and oxygen atoms in total. The molecule has 146 valence electrons. The summed E-state index contributed by atoms with van der Waals surface area (Å²) in [5.41, 5.74) is 0.489. The van der Waals surface area contributed by atoms with Gasteiger partial charge in [-0.05, 0) is 59.1 Å². The monoisotopic (exact) mass is 372 g/mol. The molecule has 1 unspecified atom stereocenters. The van der Waals surface area contributed by atoms with Crippen molar-refractivity contribution < 1.29 is 9.21 Å². The van der Waals surface area contributed by atoms with E-state index in [-0.39, 0.29) is 23.6 Å². The van der Waals surface area contributed by atoms with Crippen molar-refractivity contribution in [2.24, 2.45) is 0 Å². The van der Waals surface area contributed by atoms with Gasteiger partial charge in [-0.15, -0.1) is 0 Å². The van der Waals surface area contributed by atoms with Crippen molar-refractivity contribution in [1.29, 1.82) is 0 Å². The van der Waals surface area contributed by atoms with Gasteiger partial charge in [-0.2, -0.15) is 5.10 Å². The lowest BCUT2D eigenvalue weighted by Crippen LogP contribution is -2.47. The smallest absolute Gasteiger partial charge is 0.267 e. The van der Waals surface area contributed by atoms with Crippen LogP contribution in [0.5, 0.6) is 0 Å². The molecule has 7 heteroatoms. The van der Waals surface area contributed by atoms with Crippen molar-refractivity contribution in [2.45, 2.75) is 59.0 Å². The minimum Gasteiger partial charge on any atom is -0.466 e. The van der Waals surface area contributed by atoms with Gasteiger partial charge in [0.05, 0.1) is 11.6 Å². The Bertz CT molecular complexity index is 868. The number of amides is 1. The predicted octanol–water partition coefficient (Wildman–Crippen LogP) is 2.82. The maximum atomic E-state index is 12.5. The molecular formula is C20H28N4O3. The van der Waals surface area contributed by atoms with E-state index in [4.69, 9.17) is 4.42 Å². The molecule has 3 heterocycles. The van der Waals surface area contributed by atoms with Crippen LogP contribution in [-0.2, 0) is 0 Å². The van der Waals surface area contributed by atoms with Gasteiger partial charge < -0.3 is 14.6 Å². The molecule has 1 atom stereocenters. The van der Waals surface area contributed by atoms with Crippen LogP contribution >= 0.6 is 0 Å². The molecule has 1 aliphatic rings. The number of aromatic nitrogens is 2. The quantitative estimate of drug-likeness (QED) is 0.873. The van der Waals surface area contributed by atoms with Crippen LogP contribution in [0.1, 0.15) is 61.0 Å². The topological polar surface area (TPSA) is 80.4 Å². The minimum atomic E-state index is -0.116. The Kier molecular flexibility index (Phi) is 5.68. The lowest BCUT2D eigenvalue weighted by Gasteiger charge is -2.36. The molecule has 1 N–H and O–H groups in total. The molecule has 27 heavy (non-hydrogen) atoms. The third kappa shape index (κ3) is 4.23. The van der Waals surface area contributed by atoms with Crippen LogP contribution < -0.4 is 15.8 Å². The summed E-state index contributed by atoms with van der Waals surface area (Å²) in [7, 11) is 0. The number of carbonyl (C=O) groups excluding carboxylic acids is 1. The van der Waals surface area contributed by atoms with Crippen LogP contribution in [-0.4, -0.2) is 34.8 Å². The maximum Gasteiger partial charge on any atom is 0.267 e. The number of nitrogens with zero attached hydrogens (tertiary/aromatic N) is 3. The molecule has 3 rings (SSSR count). The average molecular weight is 372 g/mol. The van der Waals surface area contributed by atoms with Crippen molar-refractivity contribution >= 4 is 11.7 Å². The minimum absolute atomic E-state index is 0.00713. The summed E-state index contributed by atoms with van der Waals surface area (Å²) in [6.07, 6.45) is 3.17. The number of aryl methyl sites for hydroxylation is 2. The summed E-state index contributed by atoms with van der Waals surface area (Å²) in [6, 6.07) is 5.28. The van der Waals surface area contributed by atoms with Gasteiger partial charge in [-0.1, -0.05) is 0 Å². The van der Waals surface area contributed by atoms with Gasteiger partial charge in [0.25, 0.3) is 11.5 Å². The van der Waals surface area contributed by atoms with E-state index in [1.54, 1.807) is 25.1 Å². The van der Waals surface area contributed by atoms with E-state index < -0.39 is 0 Å². The zero-order valence-corrected chi connectivity index (χ0v) is 16.5. The van der Waals surface area contributed by atoms with E-state index in [0.29, 0.717) is 17.9 Å². The Hall–Kier alpha value is -2.57. The van der Waals surface area contributed by atoms with Gasteiger partial charge in [-0.3, -0.25) is 9.59 Å². The summed E-state index contributed by atoms with van der Waals surface area (Å²) in [5.74, 6) is 2.04. The number of piperidine rings is 1. The van der Waals surface area contributed by atoms with Gasteiger partial charge in [0.1, 0.15) is 17.3 Å². The third-order valence-electron chi connectivity index (χ3n) is 5.01. The van der Waals surface area contributed by atoms with E-state index in [2.05, 4.69) is 15.3 Å². The maximum absolute atomic E-state index is 12.5. The van der Waals surface area contributed by atoms with E-state index >= 15 is 0 Å². The Morgan fingerprint density at radius 3 is 2.78 bits per heavy atom. The predicted molar refractivity (Wildman–Crippen MR) is 104 cm³/mol. The first kappa shape index (κ1) is 19.2. The van der Waals surface area contributed by atoms with Crippen molar-refractivity contribution in [1.82, 2.24) is 15.1 Å². The van der Waals surface area contributed by atoms with Crippen LogP contribution in [0.2, 0.25) is 0 Å². The summed E-state index contributed by atoms with van der Waals surface area (Å²) in [4.78, 5) is 26.7. The molecule has 1 fully saturated rings. The molecule has 1 saturated heterocycles. The molecule has 1 amide bonds. The first-order valence-corrected chi connectivity index (χ1v) is 9.58. The number of carbonyl (C=O) groups is 1. The van der Waals surface area contributed by atoms with E-state index in [0.717, 1.165) is 37.4 Å². The average Bonchev–Trinajstić information content (AvgIpc) is 2.98. The summed E-state index contributed by atoms with van der Waals surface area (Å²) >= 11 is 0. The number of rotatable bonds is 5. The van der Waals surface area contributed by atoms with Gasteiger partial charge in [0.15, 0.2) is 0 Å². The zero-order valence-electron chi connectivity index (χ0n) is 16.5. The van der Waals surface area contributed by atoms with Gasteiger partial charge in [0.2, 0.25) is 0 Å². The molecule has 2 aromatic heterocycles. The molecule has 0 radical (unpaired) electrons. The lowest BCUT2D eigenvalue weighted by atomic mass is 10.0. The second kappa shape index (κ2) is 7.98. The van der Waals surface area contributed by atoms with E-state index in [1.165, 1.54) is 4.68 Å². The number of anilines is 1. The normalized spacial score (nSPS) is 17.4. The van der Waals surface area contributed by atoms with Crippen LogP contribution in [0.15, 0.2) is 27.4 Å². The molecular weight excluding hydrogens is 344 g/mol. The number of furan rings is 1. The summed E-state index contributed by atoms with van der Waals surface area (Å²) in [5, 5.41) is 7.59. The summed E-state index contributed by atoms with van der Waals surface area (Å²) < 4.78 is 6.96. The van der Waals surface area contributed by atoms with Crippen molar-refractivity contribution in [3.05, 3.63) is 45.6 Å². The Morgan fingerprint density at radius 1 is 1.33 bits per heavy atom. The fourth-order valence-corrected chi connectivity index (χ4v) is 3.61. The van der Waals surface area contributed by atoms with Crippen molar-refractivity contribution in [3.63, 3.8) is 0 Å². The highest BCUT2D eigenvalue weighted by Gasteiger charge is 2.25. The first-order valence-electron chi connectivity index (χ1n) is 9.58. The highest BCUT2D eigenvalue weighted by Crippen LogP contribution is 2.22. The van der Waals surface area contributed by atoms with Crippen LogP contribution in [0.4, 0.5) is 5.82 Å². The van der Waals surface area contributed by atoms with Crippen molar-refractivity contribution in [2.75, 3.05) is 18.0 Å². The zero-order chi connectivity index (χ0) is 19.6. The number of hydrogen-bond acceptors (Lipinski definition) is 5. The fourth-order valence-electron chi connectivity index (χ4n) is 3.61. The fraction of sp³-hybridized carbons (Fsp3) is 0.550. The number of hydrogen-bond donors (Lipinski definition) is 1. The standard InChI is InChI=1S/C20H28N4O3/c1-13(2)24-19(25)9-8-18(22-24)23-10-6-5-7-16(23)12-21-20(26)17-11-14(3)27-15(17)4/h8-9,11,13,16H,5-7,10,12H2,1-4H3,(H,21,26).